The molecule has 1 aromatic rings. The van der Waals surface area contributed by atoms with Crippen molar-refractivity contribution in [3.8, 4) is 0 Å². The van der Waals surface area contributed by atoms with E-state index < -0.39 is 5.82 Å². The number of hydrogen-bond acceptors (Lipinski definition) is 4. The highest BCUT2D eigenvalue weighted by atomic mass is 19.1. The van der Waals surface area contributed by atoms with Crippen LogP contribution < -0.4 is 5.73 Å². The molecule has 1 aliphatic heterocycles. The summed E-state index contributed by atoms with van der Waals surface area (Å²) in [6, 6.07) is 3.76. The number of methoxy groups -OCH3 is 1. The van der Waals surface area contributed by atoms with E-state index in [1.807, 2.05) is 0 Å². The first-order chi connectivity index (χ1) is 10.0. The number of carbonyl (C=O) groups excluding carboxylic acids is 2. The standard InChI is InChI=1S/C15H19FN2O3/c1-21-14(19)9-11-4-2-3-7-18(11)15(20)10-5-6-12(16)13(17)8-10/h5-6,8,11H,2-4,7,9,17H2,1H3. The molecule has 5 nitrogen and oxygen atoms in total. The first kappa shape index (κ1) is 15.3. The second-order valence-electron chi connectivity index (χ2n) is 5.16. The molecule has 0 aliphatic carbocycles. The molecule has 1 saturated heterocycles. The fraction of sp³-hybridized carbons (Fsp3) is 0.467. The van der Waals surface area contributed by atoms with Gasteiger partial charge in [-0.3, -0.25) is 9.59 Å². The summed E-state index contributed by atoms with van der Waals surface area (Å²) in [5, 5.41) is 0. The lowest BCUT2D eigenvalue weighted by Crippen LogP contribution is -2.44. The second kappa shape index (κ2) is 6.56. The molecular formula is C15H19FN2O3. The Morgan fingerprint density at radius 2 is 2.19 bits per heavy atom. The molecule has 1 aromatic carbocycles. The molecular weight excluding hydrogens is 275 g/mol. The summed E-state index contributed by atoms with van der Waals surface area (Å²) in [6.45, 7) is 0.581. The van der Waals surface area contributed by atoms with Crippen molar-refractivity contribution in [3.63, 3.8) is 0 Å². The van der Waals surface area contributed by atoms with Gasteiger partial charge in [0.25, 0.3) is 5.91 Å². The van der Waals surface area contributed by atoms with Gasteiger partial charge in [0.15, 0.2) is 0 Å². The number of esters is 1. The molecule has 1 atom stereocenters. The van der Waals surface area contributed by atoms with Gasteiger partial charge < -0.3 is 15.4 Å². The van der Waals surface area contributed by atoms with Crippen LogP contribution in [0.1, 0.15) is 36.0 Å². The summed E-state index contributed by atoms with van der Waals surface area (Å²) in [6.07, 6.45) is 2.80. The monoisotopic (exact) mass is 294 g/mol. The number of benzene rings is 1. The molecule has 1 amide bonds. The van der Waals surface area contributed by atoms with Gasteiger partial charge in [0.2, 0.25) is 0 Å². The van der Waals surface area contributed by atoms with Crippen LogP contribution in [0.2, 0.25) is 0 Å². The Labute approximate surface area is 122 Å². The smallest absolute Gasteiger partial charge is 0.307 e. The third-order valence-electron chi connectivity index (χ3n) is 3.76. The second-order valence-corrected chi connectivity index (χ2v) is 5.16. The molecule has 114 valence electrons. The number of nitrogen functional groups attached to an aromatic ring is 1. The van der Waals surface area contributed by atoms with Crippen LogP contribution >= 0.6 is 0 Å². The summed E-state index contributed by atoms with van der Waals surface area (Å²) in [5.41, 5.74) is 5.79. The Hall–Kier alpha value is -2.11. The number of anilines is 1. The highest BCUT2D eigenvalue weighted by molar-refractivity contribution is 5.95. The van der Waals surface area contributed by atoms with Crippen LogP contribution in [0.3, 0.4) is 0 Å². The minimum absolute atomic E-state index is 0.0534. The van der Waals surface area contributed by atoms with Crippen LogP contribution in [-0.2, 0) is 9.53 Å². The normalized spacial score (nSPS) is 18.4. The molecule has 0 saturated carbocycles. The van der Waals surface area contributed by atoms with Gasteiger partial charge in [0, 0.05) is 18.2 Å². The number of rotatable bonds is 3. The molecule has 0 radical (unpaired) electrons. The quantitative estimate of drug-likeness (QED) is 0.683. The largest absolute Gasteiger partial charge is 0.469 e. The first-order valence-corrected chi connectivity index (χ1v) is 6.95. The van der Waals surface area contributed by atoms with Crippen molar-refractivity contribution in [2.75, 3.05) is 19.4 Å². The Bertz CT molecular complexity index is 548. The lowest BCUT2D eigenvalue weighted by molar-refractivity contribution is -0.142. The number of nitrogens with zero attached hydrogens (tertiary/aromatic N) is 1. The van der Waals surface area contributed by atoms with Gasteiger partial charge in [-0.1, -0.05) is 0 Å². The number of carbonyl (C=O) groups is 2. The van der Waals surface area contributed by atoms with E-state index in [1.165, 1.54) is 25.3 Å². The molecule has 6 heteroatoms. The highest BCUT2D eigenvalue weighted by Crippen LogP contribution is 2.23. The van der Waals surface area contributed by atoms with Crippen molar-refractivity contribution in [1.29, 1.82) is 0 Å². The van der Waals surface area contributed by atoms with E-state index in [4.69, 9.17) is 5.73 Å². The van der Waals surface area contributed by atoms with Crippen LogP contribution in [0, 0.1) is 5.82 Å². The number of piperidine rings is 1. The van der Waals surface area contributed by atoms with Crippen LogP contribution in [0.15, 0.2) is 18.2 Å². The lowest BCUT2D eigenvalue weighted by Gasteiger charge is -2.35. The summed E-state index contributed by atoms with van der Waals surface area (Å²) >= 11 is 0. The SMILES string of the molecule is COC(=O)CC1CCCCN1C(=O)c1ccc(F)c(N)c1. The van der Waals surface area contributed by atoms with E-state index in [0.717, 1.165) is 19.3 Å². The molecule has 1 aliphatic rings. The number of hydrogen-bond donors (Lipinski definition) is 1. The van der Waals surface area contributed by atoms with Crippen molar-refractivity contribution in [2.45, 2.75) is 31.7 Å². The van der Waals surface area contributed by atoms with Gasteiger partial charge >= 0.3 is 5.97 Å². The fourth-order valence-corrected chi connectivity index (χ4v) is 2.60. The Kier molecular flexibility index (Phi) is 4.77. The zero-order valence-electron chi connectivity index (χ0n) is 12.0. The Morgan fingerprint density at radius 1 is 1.43 bits per heavy atom. The van der Waals surface area contributed by atoms with Crippen molar-refractivity contribution in [3.05, 3.63) is 29.6 Å². The number of ether oxygens (including phenoxy) is 1. The average molecular weight is 294 g/mol. The zero-order valence-corrected chi connectivity index (χ0v) is 12.0. The van der Waals surface area contributed by atoms with E-state index in [2.05, 4.69) is 4.74 Å². The molecule has 2 N–H and O–H groups in total. The molecule has 0 spiro atoms. The Balaban J connectivity index is 2.17. The zero-order chi connectivity index (χ0) is 15.4. The topological polar surface area (TPSA) is 72.6 Å². The average Bonchev–Trinajstić information content (AvgIpc) is 2.49. The summed E-state index contributed by atoms with van der Waals surface area (Å²) in [7, 11) is 1.33. The maximum Gasteiger partial charge on any atom is 0.307 e. The van der Waals surface area contributed by atoms with E-state index in [1.54, 1.807) is 4.90 Å². The van der Waals surface area contributed by atoms with Crippen molar-refractivity contribution >= 4 is 17.6 Å². The molecule has 1 unspecified atom stereocenters. The van der Waals surface area contributed by atoms with E-state index in [0.29, 0.717) is 12.1 Å². The maximum absolute atomic E-state index is 13.2. The van der Waals surface area contributed by atoms with Crippen LogP contribution in [-0.4, -0.2) is 36.5 Å². The molecule has 0 bridgehead atoms. The van der Waals surface area contributed by atoms with Crippen molar-refractivity contribution in [1.82, 2.24) is 4.90 Å². The number of likely N-dealkylation sites (tertiary alicyclic amines) is 1. The number of nitrogens with two attached hydrogens (primary N) is 1. The molecule has 1 heterocycles. The third-order valence-corrected chi connectivity index (χ3v) is 3.76. The lowest BCUT2D eigenvalue weighted by atomic mass is 9.98. The van der Waals surface area contributed by atoms with Crippen LogP contribution in [0.5, 0.6) is 0 Å². The predicted octanol–water partition coefficient (Wildman–Crippen LogP) is 1.97. The van der Waals surface area contributed by atoms with Gasteiger partial charge in [-0.2, -0.15) is 0 Å². The van der Waals surface area contributed by atoms with Gasteiger partial charge in [-0.05, 0) is 37.5 Å². The van der Waals surface area contributed by atoms with Crippen molar-refractivity contribution < 1.29 is 18.7 Å². The summed E-state index contributed by atoms with van der Waals surface area (Å²) in [5.74, 6) is -1.11. The molecule has 1 fully saturated rings. The van der Waals surface area contributed by atoms with Gasteiger partial charge in [-0.15, -0.1) is 0 Å². The van der Waals surface area contributed by atoms with Gasteiger partial charge in [-0.25, -0.2) is 4.39 Å². The highest BCUT2D eigenvalue weighted by Gasteiger charge is 2.29. The van der Waals surface area contributed by atoms with E-state index in [9.17, 15) is 14.0 Å². The minimum Gasteiger partial charge on any atom is -0.469 e. The predicted molar refractivity (Wildman–Crippen MR) is 76.1 cm³/mol. The maximum atomic E-state index is 13.2. The molecule has 2 rings (SSSR count). The number of halogens is 1. The summed E-state index contributed by atoms with van der Waals surface area (Å²) < 4.78 is 17.9. The fourth-order valence-electron chi connectivity index (χ4n) is 2.60. The first-order valence-electron chi connectivity index (χ1n) is 6.95. The van der Waals surface area contributed by atoms with E-state index >= 15 is 0 Å². The van der Waals surface area contributed by atoms with Crippen LogP contribution in [0.4, 0.5) is 10.1 Å². The van der Waals surface area contributed by atoms with Gasteiger partial charge in [0.05, 0.1) is 19.2 Å². The third kappa shape index (κ3) is 3.51. The summed E-state index contributed by atoms with van der Waals surface area (Å²) in [4.78, 5) is 25.7. The molecule has 21 heavy (non-hydrogen) atoms. The van der Waals surface area contributed by atoms with Gasteiger partial charge in [0.1, 0.15) is 5.82 Å². The van der Waals surface area contributed by atoms with Crippen LogP contribution in [0.25, 0.3) is 0 Å². The van der Waals surface area contributed by atoms with E-state index in [-0.39, 0.29) is 30.0 Å². The molecule has 0 aromatic heterocycles. The Morgan fingerprint density at radius 3 is 2.86 bits per heavy atom. The number of amides is 1. The minimum atomic E-state index is -0.545. The van der Waals surface area contributed by atoms with Crippen molar-refractivity contribution in [2.24, 2.45) is 0 Å².